The molecule has 0 bridgehead atoms. The molecule has 11 heteroatoms. The van der Waals surface area contributed by atoms with Crippen molar-refractivity contribution in [1.82, 2.24) is 8.61 Å². The van der Waals surface area contributed by atoms with Gasteiger partial charge in [-0.05, 0) is 56.7 Å². The summed E-state index contributed by atoms with van der Waals surface area (Å²) in [4.78, 5) is 13.1. The summed E-state index contributed by atoms with van der Waals surface area (Å²) in [6.07, 6.45) is -0.466. The normalized spacial score (nSPS) is 19.6. The molecule has 2 unspecified atom stereocenters. The highest BCUT2D eigenvalue weighted by Gasteiger charge is 2.32. The quantitative estimate of drug-likeness (QED) is 0.569. The van der Waals surface area contributed by atoms with Gasteiger partial charge in [0.1, 0.15) is 0 Å². The molecule has 1 saturated heterocycles. The van der Waals surface area contributed by atoms with E-state index in [9.17, 15) is 21.6 Å². The van der Waals surface area contributed by atoms with Crippen molar-refractivity contribution in [1.29, 1.82) is 0 Å². The first-order valence-electron chi connectivity index (χ1n) is 11.6. The Morgan fingerprint density at radius 2 is 1.66 bits per heavy atom. The number of hydrogen-bond acceptors (Lipinski definition) is 6. The van der Waals surface area contributed by atoms with Gasteiger partial charge in [-0.2, -0.15) is 8.61 Å². The molecule has 0 spiro atoms. The van der Waals surface area contributed by atoms with Crippen molar-refractivity contribution in [2.24, 2.45) is 0 Å². The van der Waals surface area contributed by atoms with E-state index >= 15 is 0 Å². The van der Waals surface area contributed by atoms with E-state index in [1.807, 2.05) is 13.8 Å². The number of rotatable bonds is 8. The second-order valence-corrected chi connectivity index (χ2v) is 12.5. The highest BCUT2D eigenvalue weighted by Crippen LogP contribution is 2.25. The topological polar surface area (TPSA) is 113 Å². The van der Waals surface area contributed by atoms with Crippen LogP contribution in [0.1, 0.15) is 43.6 Å². The van der Waals surface area contributed by atoms with Gasteiger partial charge in [0.2, 0.25) is 20.0 Å². The summed E-state index contributed by atoms with van der Waals surface area (Å²) in [5.41, 5.74) is 1.02. The number of morpholine rings is 1. The van der Waals surface area contributed by atoms with Gasteiger partial charge in [-0.25, -0.2) is 16.8 Å². The van der Waals surface area contributed by atoms with Crippen LogP contribution in [0.15, 0.2) is 52.3 Å². The SMILES string of the molecule is CCN(CC)S(=O)(=O)c1cc(NC(=O)c2cccc(S(=O)(=O)N3CC(C)OC(C)C3)c2)ccc1C. The van der Waals surface area contributed by atoms with Gasteiger partial charge < -0.3 is 10.1 Å². The molecule has 192 valence electrons. The predicted octanol–water partition coefficient (Wildman–Crippen LogP) is 3.08. The third-order valence-corrected chi connectivity index (χ3v) is 9.91. The highest BCUT2D eigenvalue weighted by atomic mass is 32.2. The molecular formula is C24H33N3O6S2. The van der Waals surface area contributed by atoms with E-state index in [0.29, 0.717) is 24.3 Å². The van der Waals surface area contributed by atoms with Crippen molar-refractivity contribution in [2.75, 3.05) is 31.5 Å². The molecule has 0 aromatic heterocycles. The Balaban J connectivity index is 1.86. The van der Waals surface area contributed by atoms with Crippen LogP contribution < -0.4 is 5.32 Å². The molecule has 1 heterocycles. The average molecular weight is 524 g/mol. The maximum Gasteiger partial charge on any atom is 0.255 e. The van der Waals surface area contributed by atoms with Crippen LogP contribution in [-0.2, 0) is 24.8 Å². The van der Waals surface area contributed by atoms with Crippen LogP contribution in [0.5, 0.6) is 0 Å². The second-order valence-electron chi connectivity index (χ2n) is 8.63. The smallest absolute Gasteiger partial charge is 0.255 e. The fourth-order valence-electron chi connectivity index (χ4n) is 4.14. The predicted molar refractivity (Wildman–Crippen MR) is 134 cm³/mol. The molecule has 1 amide bonds. The average Bonchev–Trinajstić information content (AvgIpc) is 2.80. The Kier molecular flexibility index (Phi) is 8.38. The Morgan fingerprint density at radius 1 is 1.03 bits per heavy atom. The van der Waals surface area contributed by atoms with Gasteiger partial charge in [-0.15, -0.1) is 0 Å². The second kappa shape index (κ2) is 10.8. The largest absolute Gasteiger partial charge is 0.373 e. The number of ether oxygens (including phenoxy) is 1. The van der Waals surface area contributed by atoms with Gasteiger partial charge in [-0.1, -0.05) is 26.0 Å². The minimum Gasteiger partial charge on any atom is -0.373 e. The number of aryl methyl sites for hydroxylation is 1. The minimum absolute atomic E-state index is 0.0140. The zero-order chi connectivity index (χ0) is 26.0. The first kappa shape index (κ1) is 27.3. The van der Waals surface area contributed by atoms with E-state index in [2.05, 4.69) is 5.32 Å². The van der Waals surface area contributed by atoms with E-state index in [0.717, 1.165) is 0 Å². The van der Waals surface area contributed by atoms with Gasteiger partial charge in [0.15, 0.2) is 0 Å². The zero-order valence-electron chi connectivity index (χ0n) is 20.7. The number of carbonyl (C=O) groups excluding carboxylic acids is 1. The molecule has 9 nitrogen and oxygen atoms in total. The molecule has 1 fully saturated rings. The van der Waals surface area contributed by atoms with Crippen LogP contribution in [0.25, 0.3) is 0 Å². The van der Waals surface area contributed by atoms with E-state index in [1.165, 1.54) is 38.9 Å². The van der Waals surface area contributed by atoms with Gasteiger partial charge >= 0.3 is 0 Å². The van der Waals surface area contributed by atoms with Crippen LogP contribution in [0.2, 0.25) is 0 Å². The number of amides is 1. The lowest BCUT2D eigenvalue weighted by atomic mass is 10.2. The Labute approximate surface area is 208 Å². The number of sulfonamides is 2. The zero-order valence-corrected chi connectivity index (χ0v) is 22.3. The summed E-state index contributed by atoms with van der Waals surface area (Å²) in [6, 6.07) is 10.5. The Morgan fingerprint density at radius 3 is 2.26 bits per heavy atom. The molecule has 2 aromatic carbocycles. The van der Waals surface area contributed by atoms with Crippen molar-refractivity contribution in [3.63, 3.8) is 0 Å². The molecule has 1 aliphatic heterocycles. The van der Waals surface area contributed by atoms with Crippen molar-refractivity contribution in [3.8, 4) is 0 Å². The maximum absolute atomic E-state index is 13.2. The van der Waals surface area contributed by atoms with E-state index in [-0.39, 0.29) is 40.7 Å². The molecule has 35 heavy (non-hydrogen) atoms. The molecule has 0 aliphatic carbocycles. The maximum atomic E-state index is 13.2. The van der Waals surface area contributed by atoms with Crippen molar-refractivity contribution in [2.45, 2.75) is 56.6 Å². The van der Waals surface area contributed by atoms with Crippen molar-refractivity contribution >= 4 is 31.6 Å². The van der Waals surface area contributed by atoms with Gasteiger partial charge in [0.25, 0.3) is 5.91 Å². The Hall–Kier alpha value is -2.31. The van der Waals surface area contributed by atoms with Crippen LogP contribution in [-0.4, -0.2) is 69.7 Å². The lowest BCUT2D eigenvalue weighted by Gasteiger charge is -2.34. The minimum atomic E-state index is -3.82. The summed E-state index contributed by atoms with van der Waals surface area (Å²) in [7, 11) is -7.53. The van der Waals surface area contributed by atoms with Crippen LogP contribution in [0.4, 0.5) is 5.69 Å². The summed E-state index contributed by atoms with van der Waals surface area (Å²) in [6.45, 7) is 9.99. The molecule has 1 N–H and O–H groups in total. The third kappa shape index (κ3) is 5.92. The lowest BCUT2D eigenvalue weighted by molar-refractivity contribution is -0.0440. The van der Waals surface area contributed by atoms with E-state index in [1.54, 1.807) is 32.9 Å². The molecular weight excluding hydrogens is 490 g/mol. The summed E-state index contributed by atoms with van der Waals surface area (Å²) < 4.78 is 60.7. The molecule has 1 aliphatic rings. The number of anilines is 1. The van der Waals surface area contributed by atoms with E-state index < -0.39 is 26.0 Å². The van der Waals surface area contributed by atoms with Crippen LogP contribution >= 0.6 is 0 Å². The van der Waals surface area contributed by atoms with Crippen LogP contribution in [0, 0.1) is 6.92 Å². The number of hydrogen-bond donors (Lipinski definition) is 1. The number of benzene rings is 2. The first-order chi connectivity index (χ1) is 16.4. The highest BCUT2D eigenvalue weighted by molar-refractivity contribution is 7.89. The van der Waals surface area contributed by atoms with Gasteiger partial charge in [-0.3, -0.25) is 4.79 Å². The summed E-state index contributed by atoms with van der Waals surface area (Å²) in [5, 5.41) is 2.69. The molecule has 0 radical (unpaired) electrons. The summed E-state index contributed by atoms with van der Waals surface area (Å²) in [5.74, 6) is -0.541. The van der Waals surface area contributed by atoms with Gasteiger partial charge in [0.05, 0.1) is 22.0 Å². The monoisotopic (exact) mass is 523 g/mol. The molecule has 2 aromatic rings. The number of carbonyl (C=O) groups is 1. The van der Waals surface area contributed by atoms with Crippen molar-refractivity contribution < 1.29 is 26.4 Å². The third-order valence-electron chi connectivity index (χ3n) is 5.89. The van der Waals surface area contributed by atoms with Crippen LogP contribution in [0.3, 0.4) is 0 Å². The fraction of sp³-hybridized carbons (Fsp3) is 0.458. The van der Waals surface area contributed by atoms with Crippen molar-refractivity contribution in [3.05, 3.63) is 53.6 Å². The summed E-state index contributed by atoms with van der Waals surface area (Å²) >= 11 is 0. The van der Waals surface area contributed by atoms with E-state index in [4.69, 9.17) is 4.74 Å². The Bertz CT molecular complexity index is 1280. The molecule has 0 saturated carbocycles. The number of nitrogens with zero attached hydrogens (tertiary/aromatic N) is 2. The number of nitrogens with one attached hydrogen (secondary N) is 1. The van der Waals surface area contributed by atoms with Gasteiger partial charge in [0, 0.05) is 37.4 Å². The standard InChI is InChI=1S/C24H33N3O6S2/c1-6-26(7-2)35(31,32)23-14-21(12-11-17(23)3)25-24(28)20-9-8-10-22(13-20)34(29,30)27-15-18(4)33-19(5)16-27/h8-14,18-19H,6-7,15-16H2,1-5H3,(H,25,28). The fourth-order valence-corrected chi connectivity index (χ4v) is 7.48. The first-order valence-corrected chi connectivity index (χ1v) is 14.5. The molecule has 3 rings (SSSR count). The lowest BCUT2D eigenvalue weighted by Crippen LogP contribution is -2.48. The molecule has 2 atom stereocenters.